The molecule has 19 heavy (non-hydrogen) atoms. The highest BCUT2D eigenvalue weighted by Gasteiger charge is 2.39. The number of fused-ring (bicyclic) bond motifs is 2. The van der Waals surface area contributed by atoms with Crippen LogP contribution < -0.4 is 10.5 Å². The lowest BCUT2D eigenvalue weighted by atomic mass is 9.89. The Labute approximate surface area is 116 Å². The first-order valence-electron chi connectivity index (χ1n) is 7.62. The third-order valence-electron chi connectivity index (χ3n) is 4.99. The summed E-state index contributed by atoms with van der Waals surface area (Å²) in [4.78, 5) is 0. The number of ether oxygens (including phenoxy) is 1. The summed E-state index contributed by atoms with van der Waals surface area (Å²) in [6.45, 7) is 5.01. The van der Waals surface area contributed by atoms with Crippen LogP contribution in [0, 0.1) is 24.7 Å². The van der Waals surface area contributed by atoms with E-state index in [1.807, 2.05) is 6.92 Å². The smallest absolute Gasteiger partial charge is 0.124 e. The summed E-state index contributed by atoms with van der Waals surface area (Å²) >= 11 is 0. The fourth-order valence-corrected chi connectivity index (χ4v) is 3.93. The highest BCUT2D eigenvalue weighted by atomic mass is 16.5. The zero-order chi connectivity index (χ0) is 13.4. The minimum atomic E-state index is 0.0370. The van der Waals surface area contributed by atoms with Crippen molar-refractivity contribution in [2.45, 2.75) is 45.6 Å². The first-order valence-corrected chi connectivity index (χ1v) is 7.62. The first-order chi connectivity index (χ1) is 9.13. The first kappa shape index (κ1) is 13.0. The molecule has 0 aromatic heterocycles. The van der Waals surface area contributed by atoms with E-state index in [9.17, 15) is 0 Å². The molecule has 2 fully saturated rings. The lowest BCUT2D eigenvalue weighted by molar-refractivity contribution is 0.193. The van der Waals surface area contributed by atoms with E-state index in [2.05, 4.69) is 25.1 Å². The van der Waals surface area contributed by atoms with Crippen LogP contribution in [-0.4, -0.2) is 6.61 Å². The molecule has 0 spiro atoms. The largest absolute Gasteiger partial charge is 0.493 e. The van der Waals surface area contributed by atoms with Gasteiger partial charge < -0.3 is 10.5 Å². The van der Waals surface area contributed by atoms with E-state index in [1.54, 1.807) is 0 Å². The zero-order valence-electron chi connectivity index (χ0n) is 12.1. The maximum absolute atomic E-state index is 6.11. The normalized spacial score (nSPS) is 30.6. The molecule has 104 valence electrons. The molecule has 1 aromatic rings. The van der Waals surface area contributed by atoms with Crippen molar-refractivity contribution in [3.63, 3.8) is 0 Å². The molecule has 2 saturated carbocycles. The minimum Gasteiger partial charge on any atom is -0.493 e. The van der Waals surface area contributed by atoms with Gasteiger partial charge in [-0.05, 0) is 56.9 Å². The highest BCUT2D eigenvalue weighted by molar-refractivity contribution is 5.38. The van der Waals surface area contributed by atoms with Crippen molar-refractivity contribution in [3.8, 4) is 5.75 Å². The van der Waals surface area contributed by atoms with Gasteiger partial charge in [0.25, 0.3) is 0 Å². The van der Waals surface area contributed by atoms with E-state index in [4.69, 9.17) is 10.5 Å². The van der Waals surface area contributed by atoms with Crippen LogP contribution in [0.5, 0.6) is 5.75 Å². The van der Waals surface area contributed by atoms with Gasteiger partial charge in [0.2, 0.25) is 0 Å². The minimum absolute atomic E-state index is 0.0370. The molecule has 0 radical (unpaired) electrons. The molecule has 0 aliphatic heterocycles. The van der Waals surface area contributed by atoms with Crippen molar-refractivity contribution in [1.29, 1.82) is 0 Å². The summed E-state index contributed by atoms with van der Waals surface area (Å²) < 4.78 is 6.11. The van der Waals surface area contributed by atoms with E-state index >= 15 is 0 Å². The molecule has 2 heteroatoms. The van der Waals surface area contributed by atoms with Gasteiger partial charge in [0.05, 0.1) is 6.61 Å². The van der Waals surface area contributed by atoms with Crippen molar-refractivity contribution in [2.24, 2.45) is 23.5 Å². The fourth-order valence-electron chi connectivity index (χ4n) is 3.93. The van der Waals surface area contributed by atoms with E-state index in [0.29, 0.717) is 0 Å². The van der Waals surface area contributed by atoms with Gasteiger partial charge >= 0.3 is 0 Å². The molecule has 2 aliphatic rings. The van der Waals surface area contributed by atoms with E-state index in [-0.39, 0.29) is 6.04 Å². The Hall–Kier alpha value is -1.02. The highest BCUT2D eigenvalue weighted by Crippen LogP contribution is 2.48. The Morgan fingerprint density at radius 1 is 1.32 bits per heavy atom. The van der Waals surface area contributed by atoms with Crippen LogP contribution in [0.15, 0.2) is 18.2 Å². The van der Waals surface area contributed by atoms with Crippen molar-refractivity contribution in [3.05, 3.63) is 29.3 Å². The molecule has 0 amide bonds. The quantitative estimate of drug-likeness (QED) is 0.892. The number of hydrogen-bond donors (Lipinski definition) is 1. The van der Waals surface area contributed by atoms with E-state index < -0.39 is 0 Å². The van der Waals surface area contributed by atoms with Gasteiger partial charge in [0, 0.05) is 11.6 Å². The number of nitrogens with two attached hydrogens (primary N) is 1. The van der Waals surface area contributed by atoms with Crippen LogP contribution in [0.1, 0.15) is 49.8 Å². The van der Waals surface area contributed by atoms with Crippen LogP contribution in [0.2, 0.25) is 0 Å². The monoisotopic (exact) mass is 259 g/mol. The topological polar surface area (TPSA) is 35.2 Å². The van der Waals surface area contributed by atoms with Crippen molar-refractivity contribution >= 4 is 0 Å². The molecule has 0 saturated heterocycles. The molecule has 1 aromatic carbocycles. The Bertz CT molecular complexity index is 455. The number of aryl methyl sites for hydroxylation is 1. The standard InChI is InChI=1S/C17H25NO/c1-11-3-6-17(16(7-11)12(2)18)19-10-15-9-13-4-5-14(15)8-13/h3,6-7,12-15H,4-5,8-10,18H2,1-2H3/t12-,13?,14?,15?/m1/s1. The lowest BCUT2D eigenvalue weighted by Gasteiger charge is -2.23. The second-order valence-corrected chi connectivity index (χ2v) is 6.58. The van der Waals surface area contributed by atoms with Gasteiger partial charge in [-0.25, -0.2) is 0 Å². The van der Waals surface area contributed by atoms with Gasteiger partial charge in [-0.3, -0.25) is 0 Å². The van der Waals surface area contributed by atoms with Crippen molar-refractivity contribution in [1.82, 2.24) is 0 Å². The summed E-state index contributed by atoms with van der Waals surface area (Å²) in [5.41, 5.74) is 8.44. The molecule has 3 rings (SSSR count). The molecule has 2 N–H and O–H groups in total. The predicted octanol–water partition coefficient (Wildman–Crippen LogP) is 3.83. The van der Waals surface area contributed by atoms with Crippen LogP contribution in [0.25, 0.3) is 0 Å². The number of hydrogen-bond acceptors (Lipinski definition) is 2. The Balaban J connectivity index is 1.66. The summed E-state index contributed by atoms with van der Waals surface area (Å²) in [7, 11) is 0. The predicted molar refractivity (Wildman–Crippen MR) is 78.2 cm³/mol. The van der Waals surface area contributed by atoms with Crippen molar-refractivity contribution < 1.29 is 4.74 Å². The molecule has 3 unspecified atom stereocenters. The Morgan fingerprint density at radius 2 is 2.16 bits per heavy atom. The number of benzene rings is 1. The second kappa shape index (κ2) is 5.16. The van der Waals surface area contributed by atoms with E-state index in [1.165, 1.54) is 31.2 Å². The molecular formula is C17H25NO. The SMILES string of the molecule is Cc1ccc(OCC2CC3CCC2C3)c([C@@H](C)N)c1. The maximum atomic E-state index is 6.11. The van der Waals surface area contributed by atoms with Crippen LogP contribution in [0.4, 0.5) is 0 Å². The van der Waals surface area contributed by atoms with E-state index in [0.717, 1.165) is 35.7 Å². The Morgan fingerprint density at radius 3 is 2.79 bits per heavy atom. The molecule has 4 atom stereocenters. The third kappa shape index (κ3) is 2.64. The molecule has 2 aliphatic carbocycles. The molecule has 2 bridgehead atoms. The van der Waals surface area contributed by atoms with Crippen molar-refractivity contribution in [2.75, 3.05) is 6.61 Å². The third-order valence-corrected chi connectivity index (χ3v) is 4.99. The van der Waals surface area contributed by atoms with Gasteiger partial charge in [-0.15, -0.1) is 0 Å². The summed E-state index contributed by atoms with van der Waals surface area (Å²) in [6, 6.07) is 6.39. The van der Waals surface area contributed by atoms with Gasteiger partial charge in [-0.1, -0.05) is 24.1 Å². The average Bonchev–Trinajstić information content (AvgIpc) is 2.99. The van der Waals surface area contributed by atoms with Crippen LogP contribution >= 0.6 is 0 Å². The zero-order valence-corrected chi connectivity index (χ0v) is 12.1. The molecule has 2 nitrogen and oxygen atoms in total. The average molecular weight is 259 g/mol. The maximum Gasteiger partial charge on any atom is 0.124 e. The van der Waals surface area contributed by atoms with Crippen LogP contribution in [-0.2, 0) is 0 Å². The number of rotatable bonds is 4. The van der Waals surface area contributed by atoms with Gasteiger partial charge in [0.15, 0.2) is 0 Å². The summed E-state index contributed by atoms with van der Waals surface area (Å²) in [5, 5.41) is 0. The lowest BCUT2D eigenvalue weighted by Crippen LogP contribution is -2.19. The van der Waals surface area contributed by atoms with Gasteiger partial charge in [-0.2, -0.15) is 0 Å². The summed E-state index contributed by atoms with van der Waals surface area (Å²) in [5.74, 6) is 3.68. The van der Waals surface area contributed by atoms with Crippen LogP contribution in [0.3, 0.4) is 0 Å². The molecule has 0 heterocycles. The van der Waals surface area contributed by atoms with Gasteiger partial charge in [0.1, 0.15) is 5.75 Å². The Kier molecular flexibility index (Phi) is 3.53. The summed E-state index contributed by atoms with van der Waals surface area (Å²) in [6.07, 6.45) is 5.70. The molecular weight excluding hydrogens is 234 g/mol. The second-order valence-electron chi connectivity index (χ2n) is 6.58. The fraction of sp³-hybridized carbons (Fsp3) is 0.647.